The first-order valence-corrected chi connectivity index (χ1v) is 13.5. The minimum atomic E-state index is -1.12. The number of nitrogens with one attached hydrogen (secondary N) is 3. The Morgan fingerprint density at radius 2 is 1.82 bits per heavy atom. The van der Waals surface area contributed by atoms with E-state index in [1.54, 1.807) is 27.7 Å². The number of hydrogen-bond donors (Lipinski definition) is 3. The molecule has 0 spiro atoms. The fourth-order valence-corrected chi connectivity index (χ4v) is 5.10. The van der Waals surface area contributed by atoms with E-state index in [0.717, 1.165) is 55.2 Å². The highest BCUT2D eigenvalue weighted by molar-refractivity contribution is 5.92. The molecule has 38 heavy (non-hydrogen) atoms. The van der Waals surface area contributed by atoms with Crippen LogP contribution in [0.2, 0.25) is 0 Å². The SMILES string of the molecule is Cc1cn(CC(=O)N(CCNC(=O)OC(C)(C)C)C2(C(=O)NC3=CCCCC3)CCCCC2)c(=O)[nH]c1=O. The van der Waals surface area contributed by atoms with Gasteiger partial charge in [0.25, 0.3) is 5.56 Å². The average Bonchev–Trinajstić information content (AvgIpc) is 2.85. The molecule has 1 aromatic rings. The van der Waals surface area contributed by atoms with Crippen molar-refractivity contribution in [1.29, 1.82) is 0 Å². The highest BCUT2D eigenvalue weighted by Gasteiger charge is 2.47. The lowest BCUT2D eigenvalue weighted by molar-refractivity contribution is -0.150. The molecule has 0 unspecified atom stereocenters. The number of nitrogens with zero attached hydrogens (tertiary/aromatic N) is 2. The number of hydrogen-bond acceptors (Lipinski definition) is 6. The summed E-state index contributed by atoms with van der Waals surface area (Å²) in [6, 6.07) is 0. The molecule has 3 amide bonds. The summed E-state index contributed by atoms with van der Waals surface area (Å²) in [5, 5.41) is 5.77. The number of H-pyrrole nitrogens is 1. The van der Waals surface area contributed by atoms with Gasteiger partial charge in [0.15, 0.2) is 0 Å². The van der Waals surface area contributed by atoms with E-state index < -0.39 is 34.4 Å². The lowest BCUT2D eigenvalue weighted by Gasteiger charge is -2.45. The van der Waals surface area contributed by atoms with Crippen LogP contribution in [0.1, 0.15) is 84.1 Å². The van der Waals surface area contributed by atoms with Crippen molar-refractivity contribution in [3.63, 3.8) is 0 Å². The molecule has 1 heterocycles. The van der Waals surface area contributed by atoms with Crippen molar-refractivity contribution in [2.75, 3.05) is 13.1 Å². The number of aromatic amines is 1. The van der Waals surface area contributed by atoms with Gasteiger partial charge < -0.3 is 20.3 Å². The first-order chi connectivity index (χ1) is 17.9. The number of alkyl carbamates (subject to hydrolysis) is 1. The quantitative estimate of drug-likeness (QED) is 0.470. The summed E-state index contributed by atoms with van der Waals surface area (Å²) in [4.78, 5) is 67.9. The van der Waals surface area contributed by atoms with Crippen LogP contribution in [0, 0.1) is 6.92 Å². The van der Waals surface area contributed by atoms with Crippen molar-refractivity contribution in [1.82, 2.24) is 25.1 Å². The van der Waals surface area contributed by atoms with Crippen molar-refractivity contribution in [3.8, 4) is 0 Å². The standard InChI is InChI=1S/C27H41N5O6/c1-19-17-31(24(36)30-22(19)34)18-21(33)32(16-15-28-25(37)38-26(2,3)4)27(13-9-6-10-14-27)23(35)29-20-11-7-5-8-12-20/h11,17H,5-10,12-16,18H2,1-4H3,(H,28,37)(H,29,35)(H,30,34,36). The van der Waals surface area contributed by atoms with Crippen molar-refractivity contribution in [2.45, 2.75) is 103 Å². The molecule has 0 aliphatic heterocycles. The van der Waals surface area contributed by atoms with Crippen LogP contribution in [0.4, 0.5) is 4.79 Å². The molecular formula is C27H41N5O6. The number of amides is 3. The maximum atomic E-state index is 13.9. The lowest BCUT2D eigenvalue weighted by Crippen LogP contribution is -2.63. The summed E-state index contributed by atoms with van der Waals surface area (Å²) >= 11 is 0. The molecule has 11 nitrogen and oxygen atoms in total. The van der Waals surface area contributed by atoms with Gasteiger partial charge >= 0.3 is 11.8 Å². The van der Waals surface area contributed by atoms with Gasteiger partial charge in [0.2, 0.25) is 11.8 Å². The molecule has 0 saturated heterocycles. The molecule has 1 aromatic heterocycles. The molecule has 0 bridgehead atoms. The molecule has 2 aliphatic rings. The Morgan fingerprint density at radius 1 is 1.11 bits per heavy atom. The van der Waals surface area contributed by atoms with Crippen molar-refractivity contribution in [3.05, 3.63) is 44.4 Å². The van der Waals surface area contributed by atoms with Crippen molar-refractivity contribution >= 4 is 17.9 Å². The molecule has 11 heteroatoms. The Kier molecular flexibility index (Phi) is 9.56. The first kappa shape index (κ1) is 29.2. The van der Waals surface area contributed by atoms with Crippen molar-refractivity contribution < 1.29 is 19.1 Å². The predicted molar refractivity (Wildman–Crippen MR) is 143 cm³/mol. The summed E-state index contributed by atoms with van der Waals surface area (Å²) in [5.41, 5.74) is -1.84. The maximum absolute atomic E-state index is 13.9. The number of aryl methyl sites for hydroxylation is 1. The minimum Gasteiger partial charge on any atom is -0.444 e. The molecule has 0 atom stereocenters. The monoisotopic (exact) mass is 531 g/mol. The molecule has 210 valence electrons. The van der Waals surface area contributed by atoms with Gasteiger partial charge in [-0.15, -0.1) is 0 Å². The summed E-state index contributed by atoms with van der Waals surface area (Å²) in [6.07, 6.45) is 9.97. The Labute approximate surface area is 223 Å². The second-order valence-electron chi connectivity index (χ2n) is 11.2. The normalized spacial score (nSPS) is 17.2. The summed E-state index contributed by atoms with van der Waals surface area (Å²) in [6.45, 7) is 6.60. The Bertz CT molecular complexity index is 1170. The van der Waals surface area contributed by atoms with E-state index in [9.17, 15) is 24.0 Å². The zero-order valence-corrected chi connectivity index (χ0v) is 23.0. The van der Waals surface area contributed by atoms with Crippen LogP contribution in [-0.4, -0.2) is 56.6 Å². The van der Waals surface area contributed by atoms with Gasteiger partial charge in [-0.3, -0.25) is 23.9 Å². The van der Waals surface area contributed by atoms with E-state index in [4.69, 9.17) is 4.74 Å². The molecule has 0 radical (unpaired) electrons. The molecule has 2 aliphatic carbocycles. The average molecular weight is 532 g/mol. The first-order valence-electron chi connectivity index (χ1n) is 13.5. The molecule has 1 fully saturated rings. The van der Waals surface area contributed by atoms with Gasteiger partial charge in [-0.25, -0.2) is 9.59 Å². The van der Waals surface area contributed by atoms with Crippen LogP contribution >= 0.6 is 0 Å². The molecule has 0 aromatic carbocycles. The Balaban J connectivity index is 1.90. The van der Waals surface area contributed by atoms with Crippen LogP contribution in [-0.2, 0) is 20.9 Å². The van der Waals surface area contributed by atoms with Crippen molar-refractivity contribution in [2.24, 2.45) is 0 Å². The largest absolute Gasteiger partial charge is 0.444 e. The third kappa shape index (κ3) is 7.58. The predicted octanol–water partition coefficient (Wildman–Crippen LogP) is 2.48. The van der Waals surface area contributed by atoms with E-state index >= 15 is 0 Å². The van der Waals surface area contributed by atoms with Gasteiger partial charge in [0.05, 0.1) is 0 Å². The molecule has 3 rings (SSSR count). The number of aromatic nitrogens is 2. The Morgan fingerprint density at radius 3 is 2.45 bits per heavy atom. The van der Waals surface area contributed by atoms with E-state index in [-0.39, 0.29) is 25.5 Å². The van der Waals surface area contributed by atoms with Gasteiger partial charge in [-0.2, -0.15) is 0 Å². The van der Waals surface area contributed by atoms with E-state index in [1.165, 1.54) is 11.1 Å². The second kappa shape index (κ2) is 12.4. The summed E-state index contributed by atoms with van der Waals surface area (Å²) in [7, 11) is 0. The van der Waals surface area contributed by atoms with Crippen LogP contribution in [0.3, 0.4) is 0 Å². The van der Waals surface area contributed by atoms with Crippen LogP contribution < -0.4 is 21.9 Å². The van der Waals surface area contributed by atoms with E-state index in [0.29, 0.717) is 18.4 Å². The third-order valence-corrected chi connectivity index (χ3v) is 6.98. The molecule has 3 N–H and O–H groups in total. The van der Waals surface area contributed by atoms with Gasteiger partial charge in [0, 0.05) is 30.5 Å². The second-order valence-corrected chi connectivity index (χ2v) is 11.2. The fraction of sp³-hybridized carbons (Fsp3) is 0.667. The van der Waals surface area contributed by atoms with Gasteiger partial charge in [-0.05, 0) is 66.2 Å². The van der Waals surface area contributed by atoms with E-state index in [1.807, 2.05) is 6.08 Å². The van der Waals surface area contributed by atoms with Crippen LogP contribution in [0.15, 0.2) is 27.6 Å². The number of rotatable bonds is 8. The topological polar surface area (TPSA) is 143 Å². The highest BCUT2D eigenvalue weighted by atomic mass is 16.6. The number of ether oxygens (including phenoxy) is 1. The van der Waals surface area contributed by atoms with Gasteiger partial charge in [0.1, 0.15) is 17.7 Å². The summed E-state index contributed by atoms with van der Waals surface area (Å²) < 4.78 is 6.46. The number of carbonyl (C=O) groups is 3. The number of allylic oxidation sites excluding steroid dienone is 2. The number of carbonyl (C=O) groups excluding carboxylic acids is 3. The maximum Gasteiger partial charge on any atom is 0.407 e. The highest BCUT2D eigenvalue weighted by Crippen LogP contribution is 2.35. The molecule has 1 saturated carbocycles. The third-order valence-electron chi connectivity index (χ3n) is 6.98. The van der Waals surface area contributed by atoms with E-state index in [2.05, 4.69) is 15.6 Å². The zero-order chi connectivity index (χ0) is 27.9. The lowest BCUT2D eigenvalue weighted by atomic mass is 9.79. The van der Waals surface area contributed by atoms with Crippen LogP contribution in [0.5, 0.6) is 0 Å². The smallest absolute Gasteiger partial charge is 0.407 e. The van der Waals surface area contributed by atoms with Gasteiger partial charge in [-0.1, -0.05) is 25.3 Å². The Hall–Kier alpha value is -3.37. The molecular weight excluding hydrogens is 490 g/mol. The fourth-order valence-electron chi connectivity index (χ4n) is 5.10. The van der Waals surface area contributed by atoms with Crippen LogP contribution in [0.25, 0.3) is 0 Å². The zero-order valence-electron chi connectivity index (χ0n) is 23.0. The minimum absolute atomic E-state index is 0.0572. The summed E-state index contributed by atoms with van der Waals surface area (Å²) in [5.74, 6) is -0.680.